The van der Waals surface area contributed by atoms with Crippen molar-refractivity contribution in [2.75, 3.05) is 6.61 Å². The van der Waals surface area contributed by atoms with Crippen molar-refractivity contribution in [1.29, 1.82) is 5.26 Å². The van der Waals surface area contributed by atoms with E-state index in [2.05, 4.69) is 10.8 Å². The molecule has 0 aromatic heterocycles. The first-order chi connectivity index (χ1) is 9.27. The van der Waals surface area contributed by atoms with Crippen molar-refractivity contribution in [1.82, 2.24) is 4.72 Å². The molecule has 20 heavy (non-hydrogen) atoms. The molecule has 0 saturated heterocycles. The fraction of sp³-hybridized carbons (Fsp3) is 0.533. The van der Waals surface area contributed by atoms with E-state index in [-0.39, 0.29) is 6.61 Å². The van der Waals surface area contributed by atoms with Gasteiger partial charge >= 0.3 is 0 Å². The van der Waals surface area contributed by atoms with E-state index in [1.165, 1.54) is 0 Å². The first-order valence-electron chi connectivity index (χ1n) is 6.49. The molecule has 1 N–H and O–H groups in total. The molecular formula is C15H22N2O2S. The van der Waals surface area contributed by atoms with E-state index < -0.39 is 21.3 Å². The molecule has 1 aromatic rings. The molecule has 0 bridgehead atoms. The highest BCUT2D eigenvalue weighted by Crippen LogP contribution is 2.14. The van der Waals surface area contributed by atoms with Crippen LogP contribution in [-0.4, -0.2) is 21.1 Å². The van der Waals surface area contributed by atoms with Crippen LogP contribution in [0.3, 0.4) is 0 Å². The van der Waals surface area contributed by atoms with Crippen molar-refractivity contribution in [3.05, 3.63) is 35.9 Å². The summed E-state index contributed by atoms with van der Waals surface area (Å²) in [6, 6.07) is 11.9. The Morgan fingerprint density at radius 1 is 1.25 bits per heavy atom. The van der Waals surface area contributed by atoms with Crippen molar-refractivity contribution in [3.8, 4) is 6.07 Å². The van der Waals surface area contributed by atoms with E-state index >= 15 is 0 Å². The number of hydrogen-bond donors (Lipinski definition) is 1. The topological polar surface area (TPSA) is 62.1 Å². The van der Waals surface area contributed by atoms with E-state index in [0.717, 1.165) is 5.56 Å². The molecule has 0 radical (unpaired) electrons. The highest BCUT2D eigenvalue weighted by Gasteiger charge is 2.31. The molecule has 0 spiro atoms. The summed E-state index contributed by atoms with van der Waals surface area (Å²) in [4.78, 5) is 0. The van der Waals surface area contributed by atoms with Gasteiger partial charge in [-0.3, -0.25) is 0 Å². The third-order valence-corrected chi connectivity index (χ3v) is 4.37. The summed E-state index contributed by atoms with van der Waals surface area (Å²) in [5.41, 5.74) is 0.0807. The van der Waals surface area contributed by atoms with Gasteiger partial charge < -0.3 is 4.74 Å². The van der Waals surface area contributed by atoms with Crippen LogP contribution < -0.4 is 4.72 Å². The molecular weight excluding hydrogens is 272 g/mol. The van der Waals surface area contributed by atoms with Crippen LogP contribution in [0.1, 0.15) is 33.3 Å². The molecule has 2 atom stereocenters. The third-order valence-electron chi connectivity index (χ3n) is 2.62. The molecule has 0 amide bonds. The average molecular weight is 294 g/mol. The predicted molar refractivity (Wildman–Crippen MR) is 81.1 cm³/mol. The fourth-order valence-corrected chi connectivity index (χ4v) is 2.21. The van der Waals surface area contributed by atoms with Crippen LogP contribution in [0.5, 0.6) is 0 Å². The quantitative estimate of drug-likeness (QED) is 0.877. The number of nitrogens with one attached hydrogen (secondary N) is 1. The summed E-state index contributed by atoms with van der Waals surface area (Å²) < 4.78 is 20.1. The van der Waals surface area contributed by atoms with Gasteiger partial charge in [0.05, 0.1) is 35.0 Å². The van der Waals surface area contributed by atoms with Crippen molar-refractivity contribution >= 4 is 11.0 Å². The second kappa shape index (κ2) is 6.98. The lowest BCUT2D eigenvalue weighted by Crippen LogP contribution is -2.50. The second-order valence-corrected chi connectivity index (χ2v) is 7.87. The summed E-state index contributed by atoms with van der Waals surface area (Å²) >= 11 is 0. The van der Waals surface area contributed by atoms with Crippen LogP contribution >= 0.6 is 0 Å². The first kappa shape index (κ1) is 16.8. The van der Waals surface area contributed by atoms with E-state index in [1.54, 1.807) is 6.92 Å². The van der Waals surface area contributed by atoms with Gasteiger partial charge in [-0.05, 0) is 33.3 Å². The number of hydrogen-bond acceptors (Lipinski definition) is 3. The molecule has 0 aliphatic heterocycles. The van der Waals surface area contributed by atoms with Gasteiger partial charge in [-0.2, -0.15) is 5.26 Å². The second-order valence-electron chi connectivity index (χ2n) is 5.91. The molecule has 5 heteroatoms. The number of rotatable bonds is 6. The molecule has 1 aromatic carbocycles. The summed E-state index contributed by atoms with van der Waals surface area (Å²) in [5, 5.41) is 9.27. The van der Waals surface area contributed by atoms with Crippen LogP contribution in [0.25, 0.3) is 0 Å². The van der Waals surface area contributed by atoms with Gasteiger partial charge in [0.25, 0.3) is 0 Å². The van der Waals surface area contributed by atoms with Crippen LogP contribution in [0.2, 0.25) is 0 Å². The monoisotopic (exact) mass is 294 g/mol. The average Bonchev–Trinajstić information content (AvgIpc) is 2.39. The molecule has 0 saturated carbocycles. The van der Waals surface area contributed by atoms with Crippen molar-refractivity contribution in [2.24, 2.45) is 0 Å². The number of benzene rings is 1. The SMILES string of the molecule is CC(C)(C)[S@](=O)N[C@@](C)(C#N)COCc1ccccc1. The maximum Gasteiger partial charge on any atom is 0.138 e. The summed E-state index contributed by atoms with van der Waals surface area (Å²) in [5.74, 6) is 0. The Bertz CT molecular complexity index is 491. The molecule has 4 nitrogen and oxygen atoms in total. The van der Waals surface area contributed by atoms with E-state index in [9.17, 15) is 9.47 Å². The predicted octanol–water partition coefficient (Wildman–Crippen LogP) is 2.54. The summed E-state index contributed by atoms with van der Waals surface area (Å²) in [6.45, 7) is 7.89. The van der Waals surface area contributed by atoms with E-state index in [1.807, 2.05) is 51.1 Å². The Labute approximate surface area is 123 Å². The van der Waals surface area contributed by atoms with Crippen molar-refractivity contribution < 1.29 is 8.95 Å². The van der Waals surface area contributed by atoms with Crippen LogP contribution in [-0.2, 0) is 22.3 Å². The minimum Gasteiger partial charge on any atom is -0.374 e. The Balaban J connectivity index is 2.54. The first-order valence-corrected chi connectivity index (χ1v) is 7.64. The van der Waals surface area contributed by atoms with Crippen LogP contribution in [0, 0.1) is 11.3 Å². The number of nitriles is 1. The zero-order valence-electron chi connectivity index (χ0n) is 12.5. The van der Waals surface area contributed by atoms with Gasteiger partial charge in [0.1, 0.15) is 5.54 Å². The van der Waals surface area contributed by atoms with Gasteiger partial charge in [-0.1, -0.05) is 30.3 Å². The van der Waals surface area contributed by atoms with Gasteiger partial charge in [0, 0.05) is 0 Å². The fourth-order valence-electron chi connectivity index (χ4n) is 1.39. The minimum absolute atomic E-state index is 0.181. The maximum atomic E-state index is 12.1. The van der Waals surface area contributed by atoms with Gasteiger partial charge in [0.2, 0.25) is 0 Å². The van der Waals surface area contributed by atoms with Crippen molar-refractivity contribution in [3.63, 3.8) is 0 Å². The maximum absolute atomic E-state index is 12.1. The third kappa shape index (κ3) is 5.41. The lowest BCUT2D eigenvalue weighted by Gasteiger charge is -2.27. The molecule has 0 aliphatic rings. The highest BCUT2D eigenvalue weighted by molar-refractivity contribution is 7.84. The Hall–Kier alpha value is -1.22. The van der Waals surface area contributed by atoms with Gasteiger partial charge in [0.15, 0.2) is 0 Å². The number of nitrogens with zero attached hydrogens (tertiary/aromatic N) is 1. The molecule has 1 rings (SSSR count). The molecule has 0 fully saturated rings. The molecule has 0 aliphatic carbocycles. The largest absolute Gasteiger partial charge is 0.374 e. The molecule has 0 unspecified atom stereocenters. The molecule has 0 heterocycles. The zero-order chi connectivity index (χ0) is 15.2. The highest BCUT2D eigenvalue weighted by atomic mass is 32.2. The Morgan fingerprint density at radius 3 is 2.35 bits per heavy atom. The number of ether oxygens (including phenoxy) is 1. The Morgan fingerprint density at radius 2 is 1.85 bits per heavy atom. The van der Waals surface area contributed by atoms with Crippen LogP contribution in [0.4, 0.5) is 0 Å². The minimum atomic E-state index is -1.31. The lowest BCUT2D eigenvalue weighted by molar-refractivity contribution is 0.0908. The standard InChI is InChI=1S/C15H22N2O2S/c1-14(2,3)20(18)17-15(4,11-16)12-19-10-13-8-6-5-7-9-13/h5-9,17H,10,12H2,1-4H3/t15-,20-/m0/s1. The van der Waals surface area contributed by atoms with Gasteiger partial charge in [-0.25, -0.2) is 8.93 Å². The normalized spacial score (nSPS) is 16.1. The van der Waals surface area contributed by atoms with Gasteiger partial charge in [-0.15, -0.1) is 0 Å². The summed E-state index contributed by atoms with van der Waals surface area (Å²) in [6.07, 6.45) is 0. The van der Waals surface area contributed by atoms with Crippen LogP contribution in [0.15, 0.2) is 30.3 Å². The Kier molecular flexibility index (Phi) is 5.88. The zero-order valence-corrected chi connectivity index (χ0v) is 13.3. The van der Waals surface area contributed by atoms with E-state index in [0.29, 0.717) is 6.61 Å². The summed E-state index contributed by atoms with van der Waals surface area (Å²) in [7, 11) is -1.31. The molecule has 110 valence electrons. The van der Waals surface area contributed by atoms with E-state index in [4.69, 9.17) is 4.74 Å². The smallest absolute Gasteiger partial charge is 0.138 e. The van der Waals surface area contributed by atoms with Crippen molar-refractivity contribution in [2.45, 2.75) is 44.6 Å². The lowest BCUT2D eigenvalue weighted by atomic mass is 10.1.